The van der Waals surface area contributed by atoms with Gasteiger partial charge in [0.1, 0.15) is 11.5 Å². The first-order valence-electron chi connectivity index (χ1n) is 9.45. The fourth-order valence-electron chi connectivity index (χ4n) is 3.53. The summed E-state index contributed by atoms with van der Waals surface area (Å²) in [5, 5.41) is 3.39. The van der Waals surface area contributed by atoms with Crippen molar-refractivity contribution in [2.45, 2.75) is 19.9 Å². The Balaban J connectivity index is 1.61. The number of piperazine rings is 1. The topological polar surface area (TPSA) is 83.5 Å². The molecule has 1 fully saturated rings. The van der Waals surface area contributed by atoms with Crippen LogP contribution in [-0.2, 0) is 17.7 Å². The normalized spacial score (nSPS) is 16.8. The molecule has 0 radical (unpaired) electrons. The zero-order valence-electron chi connectivity index (χ0n) is 15.5. The molecule has 4 rings (SSSR count). The van der Waals surface area contributed by atoms with E-state index in [1.54, 1.807) is 11.1 Å². The lowest BCUT2D eigenvalue weighted by Crippen LogP contribution is -2.49. The molecule has 2 aliphatic heterocycles. The van der Waals surface area contributed by atoms with Crippen LogP contribution in [0.3, 0.4) is 0 Å². The van der Waals surface area contributed by atoms with Gasteiger partial charge in [0, 0.05) is 44.5 Å². The van der Waals surface area contributed by atoms with Crippen LogP contribution in [0, 0.1) is 0 Å². The molecule has 0 unspecified atom stereocenters. The second-order valence-corrected chi connectivity index (χ2v) is 6.61. The van der Waals surface area contributed by atoms with E-state index in [2.05, 4.69) is 15.2 Å². The standard InChI is InChI=1S/C19H24N6O2/c1-2-27-19(26)25-11-9-24(10-12-25)18-14-6-8-20-13-16(14)22-17(23-18)15-5-3-4-7-21-15/h3-5,7,20H,2,6,8-13H2,1H3. The highest BCUT2D eigenvalue weighted by molar-refractivity contribution is 5.68. The molecule has 1 amide bonds. The fraction of sp³-hybridized carbons (Fsp3) is 0.474. The van der Waals surface area contributed by atoms with Gasteiger partial charge in [0.25, 0.3) is 0 Å². The summed E-state index contributed by atoms with van der Waals surface area (Å²) in [5.41, 5.74) is 3.02. The molecule has 0 bridgehead atoms. The lowest BCUT2D eigenvalue weighted by molar-refractivity contribution is 0.105. The Morgan fingerprint density at radius 2 is 2.07 bits per heavy atom. The molecule has 1 N–H and O–H groups in total. The Morgan fingerprint density at radius 1 is 1.22 bits per heavy atom. The van der Waals surface area contributed by atoms with E-state index in [1.165, 1.54) is 5.56 Å². The first kappa shape index (κ1) is 17.7. The minimum absolute atomic E-state index is 0.236. The fourth-order valence-corrected chi connectivity index (χ4v) is 3.53. The SMILES string of the molecule is CCOC(=O)N1CCN(c2nc(-c3ccccn3)nc3c2CCNC3)CC1. The van der Waals surface area contributed by atoms with Crippen molar-refractivity contribution in [2.24, 2.45) is 0 Å². The third-order valence-electron chi connectivity index (χ3n) is 4.91. The minimum atomic E-state index is -0.236. The summed E-state index contributed by atoms with van der Waals surface area (Å²) in [4.78, 5) is 30.0. The Hall–Kier alpha value is -2.74. The van der Waals surface area contributed by atoms with Gasteiger partial charge in [0.2, 0.25) is 0 Å². The molecule has 27 heavy (non-hydrogen) atoms. The maximum atomic E-state index is 12.0. The van der Waals surface area contributed by atoms with E-state index in [1.807, 2.05) is 25.1 Å². The van der Waals surface area contributed by atoms with Gasteiger partial charge in [-0.2, -0.15) is 0 Å². The Kier molecular flexibility index (Phi) is 5.15. The van der Waals surface area contributed by atoms with Gasteiger partial charge in [-0.05, 0) is 32.0 Å². The van der Waals surface area contributed by atoms with Crippen LogP contribution in [0.15, 0.2) is 24.4 Å². The molecule has 2 aromatic rings. The number of fused-ring (bicyclic) bond motifs is 1. The first-order valence-corrected chi connectivity index (χ1v) is 9.45. The van der Waals surface area contributed by atoms with Crippen LogP contribution in [0.5, 0.6) is 0 Å². The molecular formula is C19H24N6O2. The number of hydrogen-bond donors (Lipinski definition) is 1. The molecule has 142 valence electrons. The lowest BCUT2D eigenvalue weighted by atomic mass is 10.1. The third kappa shape index (κ3) is 3.71. The predicted molar refractivity (Wildman–Crippen MR) is 101 cm³/mol. The lowest BCUT2D eigenvalue weighted by Gasteiger charge is -2.36. The van der Waals surface area contributed by atoms with E-state index in [-0.39, 0.29) is 6.09 Å². The average molecular weight is 368 g/mol. The molecular weight excluding hydrogens is 344 g/mol. The number of rotatable bonds is 3. The highest BCUT2D eigenvalue weighted by Gasteiger charge is 2.27. The van der Waals surface area contributed by atoms with Crippen molar-refractivity contribution in [2.75, 3.05) is 44.2 Å². The van der Waals surface area contributed by atoms with Crippen molar-refractivity contribution < 1.29 is 9.53 Å². The zero-order chi connectivity index (χ0) is 18.6. The highest BCUT2D eigenvalue weighted by Crippen LogP contribution is 2.27. The molecule has 0 spiro atoms. The number of pyridine rings is 1. The summed E-state index contributed by atoms with van der Waals surface area (Å²) in [6.45, 7) is 6.63. The maximum absolute atomic E-state index is 12.0. The molecule has 1 saturated heterocycles. The summed E-state index contributed by atoms with van der Waals surface area (Å²) in [5.74, 6) is 1.63. The Bertz CT molecular complexity index is 805. The minimum Gasteiger partial charge on any atom is -0.450 e. The second kappa shape index (κ2) is 7.87. The summed E-state index contributed by atoms with van der Waals surface area (Å²) in [6, 6.07) is 5.76. The van der Waals surface area contributed by atoms with Crippen molar-refractivity contribution in [3.05, 3.63) is 35.7 Å². The summed E-state index contributed by atoms with van der Waals surface area (Å²) < 4.78 is 5.12. The molecule has 2 aliphatic rings. The molecule has 4 heterocycles. The third-order valence-corrected chi connectivity index (χ3v) is 4.91. The number of amides is 1. The molecule has 8 heteroatoms. The summed E-state index contributed by atoms with van der Waals surface area (Å²) in [6.07, 6.45) is 2.43. The number of ether oxygens (including phenoxy) is 1. The molecule has 0 aliphatic carbocycles. The van der Waals surface area contributed by atoms with E-state index in [9.17, 15) is 4.79 Å². The van der Waals surface area contributed by atoms with E-state index in [0.29, 0.717) is 25.5 Å². The second-order valence-electron chi connectivity index (χ2n) is 6.61. The van der Waals surface area contributed by atoms with Crippen molar-refractivity contribution in [1.82, 2.24) is 25.2 Å². The number of carbonyl (C=O) groups excluding carboxylic acids is 1. The van der Waals surface area contributed by atoms with Crippen LogP contribution >= 0.6 is 0 Å². The average Bonchev–Trinajstić information content (AvgIpc) is 2.74. The molecule has 2 aromatic heterocycles. The number of nitrogens with zero attached hydrogens (tertiary/aromatic N) is 5. The number of hydrogen-bond acceptors (Lipinski definition) is 7. The summed E-state index contributed by atoms with van der Waals surface area (Å²) in [7, 11) is 0. The molecule has 8 nitrogen and oxygen atoms in total. The molecule has 0 saturated carbocycles. The Morgan fingerprint density at radius 3 is 2.81 bits per heavy atom. The van der Waals surface area contributed by atoms with Crippen LogP contribution in [0.25, 0.3) is 11.5 Å². The maximum Gasteiger partial charge on any atom is 0.409 e. The van der Waals surface area contributed by atoms with Crippen LogP contribution in [0.1, 0.15) is 18.2 Å². The largest absolute Gasteiger partial charge is 0.450 e. The van der Waals surface area contributed by atoms with Crippen LogP contribution < -0.4 is 10.2 Å². The van der Waals surface area contributed by atoms with Crippen molar-refractivity contribution in [3.63, 3.8) is 0 Å². The number of anilines is 1. The van der Waals surface area contributed by atoms with Gasteiger partial charge in [-0.3, -0.25) is 4.98 Å². The molecule has 0 atom stereocenters. The van der Waals surface area contributed by atoms with Crippen LogP contribution in [0.2, 0.25) is 0 Å². The van der Waals surface area contributed by atoms with Gasteiger partial charge in [-0.15, -0.1) is 0 Å². The zero-order valence-corrected chi connectivity index (χ0v) is 15.5. The van der Waals surface area contributed by atoms with Gasteiger partial charge in [-0.1, -0.05) is 6.07 Å². The van der Waals surface area contributed by atoms with Crippen LogP contribution in [0.4, 0.5) is 10.6 Å². The monoisotopic (exact) mass is 368 g/mol. The van der Waals surface area contributed by atoms with Gasteiger partial charge < -0.3 is 19.9 Å². The van der Waals surface area contributed by atoms with E-state index in [0.717, 1.165) is 49.8 Å². The van der Waals surface area contributed by atoms with Gasteiger partial charge in [0.05, 0.1) is 12.3 Å². The quantitative estimate of drug-likeness (QED) is 0.878. The highest BCUT2D eigenvalue weighted by atomic mass is 16.6. The van der Waals surface area contributed by atoms with E-state index >= 15 is 0 Å². The van der Waals surface area contributed by atoms with Crippen molar-refractivity contribution in [1.29, 1.82) is 0 Å². The van der Waals surface area contributed by atoms with Crippen molar-refractivity contribution in [3.8, 4) is 11.5 Å². The number of nitrogens with one attached hydrogen (secondary N) is 1. The summed E-state index contributed by atoms with van der Waals surface area (Å²) >= 11 is 0. The van der Waals surface area contributed by atoms with Gasteiger partial charge in [0.15, 0.2) is 5.82 Å². The number of aromatic nitrogens is 3. The Labute approximate surface area is 158 Å². The van der Waals surface area contributed by atoms with Gasteiger partial charge >= 0.3 is 6.09 Å². The van der Waals surface area contributed by atoms with Crippen molar-refractivity contribution >= 4 is 11.9 Å². The van der Waals surface area contributed by atoms with Gasteiger partial charge in [-0.25, -0.2) is 14.8 Å². The first-order chi connectivity index (χ1) is 13.3. The molecule has 0 aromatic carbocycles. The number of carbonyl (C=O) groups is 1. The van der Waals surface area contributed by atoms with Crippen LogP contribution in [-0.4, -0.2) is 65.3 Å². The predicted octanol–water partition coefficient (Wildman–Crippen LogP) is 1.46. The smallest absolute Gasteiger partial charge is 0.409 e. The van der Waals surface area contributed by atoms with E-state index in [4.69, 9.17) is 14.7 Å². The van der Waals surface area contributed by atoms with E-state index < -0.39 is 0 Å².